The van der Waals surface area contributed by atoms with Gasteiger partial charge in [-0.05, 0) is 64.7 Å². The van der Waals surface area contributed by atoms with E-state index in [1.807, 2.05) is 0 Å². The van der Waals surface area contributed by atoms with Crippen LogP contribution in [-0.2, 0) is 0 Å². The molecule has 0 saturated heterocycles. The lowest BCUT2D eigenvalue weighted by Crippen LogP contribution is -1.95. The number of benzene rings is 5. The van der Waals surface area contributed by atoms with Crippen LogP contribution in [-0.4, -0.2) is 9.97 Å². The van der Waals surface area contributed by atoms with Crippen molar-refractivity contribution >= 4 is 21.8 Å². The molecule has 0 amide bonds. The molecule has 1 aliphatic carbocycles. The third-order valence-corrected chi connectivity index (χ3v) is 7.05. The molecular weight excluding hydrogens is 412 g/mol. The van der Waals surface area contributed by atoms with Gasteiger partial charge in [-0.3, -0.25) is 0 Å². The Bertz CT molecular complexity index is 1620. The van der Waals surface area contributed by atoms with Crippen LogP contribution in [0.1, 0.15) is 11.1 Å². The van der Waals surface area contributed by atoms with E-state index in [2.05, 4.69) is 111 Å². The predicted octanol–water partition coefficient (Wildman–Crippen LogP) is 8.38. The molecule has 160 valence electrons. The minimum absolute atomic E-state index is 0.930. The van der Waals surface area contributed by atoms with Crippen molar-refractivity contribution in [2.45, 2.75) is 13.8 Å². The van der Waals surface area contributed by atoms with Crippen LogP contribution in [0.25, 0.3) is 66.6 Å². The van der Waals surface area contributed by atoms with Crippen LogP contribution in [0.5, 0.6) is 0 Å². The lowest BCUT2D eigenvalue weighted by molar-refractivity contribution is 1.30. The van der Waals surface area contributed by atoms with Gasteiger partial charge >= 0.3 is 0 Å². The summed E-state index contributed by atoms with van der Waals surface area (Å²) in [5.41, 5.74) is 13.5. The van der Waals surface area contributed by atoms with E-state index in [1.165, 1.54) is 55.3 Å². The zero-order chi connectivity index (χ0) is 22.8. The number of fused-ring (bicyclic) bond motifs is 4. The fourth-order valence-corrected chi connectivity index (χ4v) is 5.40. The topological polar surface area (TPSA) is 25.8 Å². The van der Waals surface area contributed by atoms with E-state index in [0.29, 0.717) is 0 Å². The molecule has 1 aliphatic rings. The highest BCUT2D eigenvalue weighted by Gasteiger charge is 2.28. The van der Waals surface area contributed by atoms with Gasteiger partial charge in [0.15, 0.2) is 0 Å². The van der Waals surface area contributed by atoms with Crippen LogP contribution in [0.15, 0.2) is 97.1 Å². The fraction of sp³-hybridized carbons (Fsp3) is 0.0625. The zero-order valence-corrected chi connectivity index (χ0v) is 19.1. The van der Waals surface area contributed by atoms with Gasteiger partial charge in [0, 0.05) is 16.5 Å². The van der Waals surface area contributed by atoms with E-state index in [4.69, 9.17) is 9.97 Å². The molecule has 1 heterocycles. The maximum absolute atomic E-state index is 5.26. The molecule has 5 aromatic carbocycles. The summed E-state index contributed by atoms with van der Waals surface area (Å²) in [7, 11) is 0. The Morgan fingerprint density at radius 3 is 1.38 bits per heavy atom. The minimum Gasteiger partial charge on any atom is -0.244 e. The molecule has 0 fully saturated rings. The van der Waals surface area contributed by atoms with Crippen LogP contribution in [0.4, 0.5) is 0 Å². The van der Waals surface area contributed by atoms with E-state index < -0.39 is 0 Å². The molecule has 2 nitrogen and oxygen atoms in total. The standard InChI is InChI=1S/C32H22N2/c1-19-13-15-23-16-14-20(2)29-30(23)28(19)31-32(29)34-27-18-25(22-11-7-4-8-12-22)24(17-26(27)33-31)21-9-5-3-6-10-21/h3-18H,1-2H3. The van der Waals surface area contributed by atoms with Gasteiger partial charge in [0.25, 0.3) is 0 Å². The molecule has 0 N–H and O–H groups in total. The average Bonchev–Trinajstić information content (AvgIpc) is 3.22. The van der Waals surface area contributed by atoms with E-state index in [-0.39, 0.29) is 0 Å². The van der Waals surface area contributed by atoms with Crippen molar-refractivity contribution in [3.63, 3.8) is 0 Å². The van der Waals surface area contributed by atoms with Gasteiger partial charge in [0.05, 0.1) is 22.4 Å². The Hall–Kier alpha value is -4.30. The summed E-state index contributed by atoms with van der Waals surface area (Å²) < 4.78 is 0. The molecule has 1 aromatic heterocycles. The smallest absolute Gasteiger partial charge is 0.0982 e. The van der Waals surface area contributed by atoms with Gasteiger partial charge in [-0.25, -0.2) is 9.97 Å². The SMILES string of the molecule is Cc1ccc2ccc(C)c3c2c1-c1nc2cc(-c4ccccc4)c(-c4ccccc4)cc2nc1-3. The van der Waals surface area contributed by atoms with E-state index in [9.17, 15) is 0 Å². The quantitative estimate of drug-likeness (QED) is 0.273. The van der Waals surface area contributed by atoms with Crippen LogP contribution in [0, 0.1) is 13.8 Å². The first-order valence-corrected chi connectivity index (χ1v) is 11.7. The summed E-state index contributed by atoms with van der Waals surface area (Å²) in [5.74, 6) is 0. The molecule has 34 heavy (non-hydrogen) atoms. The summed E-state index contributed by atoms with van der Waals surface area (Å²) >= 11 is 0. The molecule has 0 unspecified atom stereocenters. The Morgan fingerprint density at radius 2 is 0.941 bits per heavy atom. The van der Waals surface area contributed by atoms with Crippen molar-refractivity contribution < 1.29 is 0 Å². The van der Waals surface area contributed by atoms with Gasteiger partial charge in [-0.1, -0.05) is 84.9 Å². The summed E-state index contributed by atoms with van der Waals surface area (Å²) in [4.78, 5) is 10.5. The highest BCUT2D eigenvalue weighted by molar-refractivity contribution is 6.16. The van der Waals surface area contributed by atoms with E-state index in [1.54, 1.807) is 0 Å². The first kappa shape index (κ1) is 19.2. The maximum Gasteiger partial charge on any atom is 0.0982 e. The van der Waals surface area contributed by atoms with Crippen molar-refractivity contribution in [3.05, 3.63) is 108 Å². The van der Waals surface area contributed by atoms with Gasteiger partial charge in [-0.2, -0.15) is 0 Å². The molecule has 6 aromatic rings. The van der Waals surface area contributed by atoms with Crippen LogP contribution in [0.2, 0.25) is 0 Å². The first-order valence-electron chi connectivity index (χ1n) is 11.7. The van der Waals surface area contributed by atoms with Crippen LogP contribution in [0.3, 0.4) is 0 Å². The highest BCUT2D eigenvalue weighted by atomic mass is 14.8. The Labute approximate surface area is 198 Å². The molecular formula is C32H22N2. The molecule has 0 spiro atoms. The Kier molecular flexibility index (Phi) is 4.01. The first-order chi connectivity index (χ1) is 16.7. The second-order valence-electron chi connectivity index (χ2n) is 9.15. The number of hydrogen-bond donors (Lipinski definition) is 0. The lowest BCUT2D eigenvalue weighted by Gasteiger charge is -2.13. The summed E-state index contributed by atoms with van der Waals surface area (Å²) in [6, 6.07) is 34.4. The average molecular weight is 435 g/mol. The second-order valence-corrected chi connectivity index (χ2v) is 9.15. The highest BCUT2D eigenvalue weighted by Crippen LogP contribution is 2.49. The summed E-state index contributed by atoms with van der Waals surface area (Å²) in [5, 5.41) is 2.54. The van der Waals surface area contributed by atoms with Crippen LogP contribution < -0.4 is 0 Å². The number of hydrogen-bond acceptors (Lipinski definition) is 2. The molecule has 2 heteroatoms. The number of nitrogens with zero attached hydrogens (tertiary/aromatic N) is 2. The van der Waals surface area contributed by atoms with Gasteiger partial charge in [-0.15, -0.1) is 0 Å². The van der Waals surface area contributed by atoms with Crippen molar-refractivity contribution in [2.24, 2.45) is 0 Å². The van der Waals surface area contributed by atoms with Crippen LogP contribution >= 0.6 is 0 Å². The molecule has 0 radical (unpaired) electrons. The number of aromatic nitrogens is 2. The third kappa shape index (κ3) is 2.69. The minimum atomic E-state index is 0.930. The summed E-state index contributed by atoms with van der Waals surface area (Å²) in [6.07, 6.45) is 0. The molecule has 0 saturated carbocycles. The Morgan fingerprint density at radius 1 is 0.500 bits per heavy atom. The second kappa shape index (κ2) is 7.10. The lowest BCUT2D eigenvalue weighted by atomic mass is 9.93. The normalized spacial score (nSPS) is 11.8. The number of rotatable bonds is 2. The van der Waals surface area contributed by atoms with Gasteiger partial charge < -0.3 is 0 Å². The van der Waals surface area contributed by atoms with Crippen molar-refractivity contribution in [1.82, 2.24) is 9.97 Å². The molecule has 0 bridgehead atoms. The predicted molar refractivity (Wildman–Crippen MR) is 142 cm³/mol. The van der Waals surface area contributed by atoms with E-state index >= 15 is 0 Å². The third-order valence-electron chi connectivity index (χ3n) is 7.05. The fourth-order valence-electron chi connectivity index (χ4n) is 5.40. The van der Waals surface area contributed by atoms with Crippen molar-refractivity contribution in [2.75, 3.05) is 0 Å². The van der Waals surface area contributed by atoms with Gasteiger partial charge in [0.2, 0.25) is 0 Å². The van der Waals surface area contributed by atoms with Crippen molar-refractivity contribution in [1.29, 1.82) is 0 Å². The molecule has 0 aliphatic heterocycles. The maximum atomic E-state index is 5.26. The monoisotopic (exact) mass is 434 g/mol. The molecule has 0 atom stereocenters. The largest absolute Gasteiger partial charge is 0.244 e. The zero-order valence-electron chi connectivity index (χ0n) is 19.1. The molecule has 7 rings (SSSR count). The van der Waals surface area contributed by atoms with Crippen molar-refractivity contribution in [3.8, 4) is 44.8 Å². The van der Waals surface area contributed by atoms with E-state index in [0.717, 1.165) is 22.4 Å². The summed E-state index contributed by atoms with van der Waals surface area (Å²) in [6.45, 7) is 4.35. The Balaban J connectivity index is 1.58. The van der Waals surface area contributed by atoms with Gasteiger partial charge in [0.1, 0.15) is 0 Å². The number of aryl methyl sites for hydroxylation is 2.